The molecule has 1 amide bonds. The molecule has 1 aliphatic heterocycles. The molecule has 0 spiro atoms. The largest absolute Gasteiger partial charge is 0.352 e. The van der Waals surface area contributed by atoms with Crippen LogP contribution in [0.15, 0.2) is 20.2 Å². The van der Waals surface area contributed by atoms with Crippen molar-refractivity contribution < 1.29 is 4.79 Å². The summed E-state index contributed by atoms with van der Waals surface area (Å²) >= 11 is 5.15. The number of aliphatic imine (C=N–C) groups is 1. The van der Waals surface area contributed by atoms with Crippen LogP contribution in [0.3, 0.4) is 0 Å². The van der Waals surface area contributed by atoms with Gasteiger partial charge in [-0.15, -0.1) is 11.3 Å². The predicted molar refractivity (Wildman–Crippen MR) is 86.0 cm³/mol. The first-order valence-electron chi connectivity index (χ1n) is 6.54. The van der Waals surface area contributed by atoms with Crippen LogP contribution in [-0.4, -0.2) is 54.9 Å². The smallest absolute Gasteiger partial charge is 0.219 e. The lowest BCUT2D eigenvalue weighted by atomic mass is 10.3. The molecule has 2 rings (SSSR count). The van der Waals surface area contributed by atoms with Crippen molar-refractivity contribution in [3.63, 3.8) is 0 Å². The highest BCUT2D eigenvalue weighted by Crippen LogP contribution is 2.20. The normalized spacial score (nSPS) is 16.4. The maximum atomic E-state index is 11.3. The molecule has 0 radical (unpaired) electrons. The molecule has 0 saturated carbocycles. The molecule has 7 heteroatoms. The average molecular weight is 359 g/mol. The van der Waals surface area contributed by atoms with Crippen molar-refractivity contribution in [3.05, 3.63) is 20.8 Å². The molecule has 1 aliphatic rings. The first-order chi connectivity index (χ1) is 9.60. The third-order valence-corrected chi connectivity index (χ3v) is 4.86. The highest BCUT2D eigenvalue weighted by Gasteiger charge is 2.20. The van der Waals surface area contributed by atoms with E-state index in [1.54, 1.807) is 25.3 Å². The Kier molecular flexibility index (Phi) is 5.42. The summed E-state index contributed by atoms with van der Waals surface area (Å²) in [5.41, 5.74) is 1.24. The van der Waals surface area contributed by atoms with Gasteiger partial charge in [0.2, 0.25) is 5.91 Å². The average Bonchev–Trinajstić information content (AvgIpc) is 2.86. The van der Waals surface area contributed by atoms with Crippen LogP contribution >= 0.6 is 27.3 Å². The molecule has 1 aromatic heterocycles. The summed E-state index contributed by atoms with van der Waals surface area (Å²) in [6.45, 7) is 5.57. The lowest BCUT2D eigenvalue weighted by Crippen LogP contribution is -2.53. The molecule has 0 aromatic carbocycles. The maximum Gasteiger partial charge on any atom is 0.219 e. The van der Waals surface area contributed by atoms with Gasteiger partial charge < -0.3 is 15.1 Å². The van der Waals surface area contributed by atoms with Crippen LogP contribution in [-0.2, 0) is 11.3 Å². The lowest BCUT2D eigenvalue weighted by molar-refractivity contribution is -0.130. The number of hydrogen-bond donors (Lipinski definition) is 1. The Morgan fingerprint density at radius 1 is 1.40 bits per heavy atom. The third-order valence-electron chi connectivity index (χ3n) is 3.31. The number of hydrogen-bond acceptors (Lipinski definition) is 3. The topological polar surface area (TPSA) is 47.9 Å². The minimum atomic E-state index is 0.149. The van der Waals surface area contributed by atoms with E-state index in [9.17, 15) is 4.79 Å². The van der Waals surface area contributed by atoms with Gasteiger partial charge in [0.25, 0.3) is 0 Å². The van der Waals surface area contributed by atoms with Crippen LogP contribution in [0.1, 0.15) is 12.5 Å². The maximum absolute atomic E-state index is 11.3. The van der Waals surface area contributed by atoms with E-state index in [-0.39, 0.29) is 5.91 Å². The van der Waals surface area contributed by atoms with Crippen LogP contribution in [0.4, 0.5) is 0 Å². The second-order valence-corrected chi connectivity index (χ2v) is 6.94. The molecule has 1 saturated heterocycles. The van der Waals surface area contributed by atoms with Crippen molar-refractivity contribution in [2.45, 2.75) is 13.5 Å². The summed E-state index contributed by atoms with van der Waals surface area (Å²) in [4.78, 5) is 19.7. The molecule has 2 heterocycles. The molecule has 1 aromatic rings. The Morgan fingerprint density at radius 3 is 2.55 bits per heavy atom. The first kappa shape index (κ1) is 15.3. The molecule has 110 valence electrons. The molecule has 1 N–H and O–H groups in total. The van der Waals surface area contributed by atoms with Crippen LogP contribution in [0.2, 0.25) is 0 Å². The van der Waals surface area contributed by atoms with Crippen LogP contribution < -0.4 is 5.32 Å². The Bertz CT molecular complexity index is 494. The van der Waals surface area contributed by atoms with Crippen molar-refractivity contribution in [1.29, 1.82) is 0 Å². The number of thiophene rings is 1. The minimum absolute atomic E-state index is 0.149. The zero-order chi connectivity index (χ0) is 14.5. The Hall–Kier alpha value is -1.08. The Labute approximate surface area is 131 Å². The van der Waals surface area contributed by atoms with Gasteiger partial charge in [0.15, 0.2) is 5.96 Å². The zero-order valence-corrected chi connectivity index (χ0v) is 14.1. The summed E-state index contributed by atoms with van der Waals surface area (Å²) in [6, 6.07) is 2.11. The number of nitrogens with zero attached hydrogens (tertiary/aromatic N) is 3. The summed E-state index contributed by atoms with van der Waals surface area (Å²) in [5.74, 6) is 1.05. The Balaban J connectivity index is 1.85. The first-order valence-corrected chi connectivity index (χ1v) is 8.21. The summed E-state index contributed by atoms with van der Waals surface area (Å²) < 4.78 is 1.14. The standard InChI is InChI=1S/C13H19BrN4OS/c1-10(19)17-3-5-18(6-4-17)13(15-2)16-8-11-7-12(14)20-9-11/h7,9H,3-6,8H2,1-2H3,(H,15,16). The summed E-state index contributed by atoms with van der Waals surface area (Å²) in [6.07, 6.45) is 0. The SMILES string of the molecule is CN=C(NCc1csc(Br)c1)N1CCN(C(C)=O)CC1. The fourth-order valence-corrected chi connectivity index (χ4v) is 3.39. The van der Waals surface area contributed by atoms with Crippen molar-refractivity contribution in [2.24, 2.45) is 4.99 Å². The fourth-order valence-electron chi connectivity index (χ4n) is 2.19. The van der Waals surface area contributed by atoms with Gasteiger partial charge >= 0.3 is 0 Å². The number of rotatable bonds is 2. The molecule has 0 atom stereocenters. The van der Waals surface area contributed by atoms with Gasteiger partial charge in [-0.3, -0.25) is 9.79 Å². The van der Waals surface area contributed by atoms with Gasteiger partial charge in [-0.25, -0.2) is 0 Å². The van der Waals surface area contributed by atoms with E-state index in [2.05, 4.69) is 42.6 Å². The molecule has 0 bridgehead atoms. The second-order valence-electron chi connectivity index (χ2n) is 4.65. The molecule has 0 aliphatic carbocycles. The van der Waals surface area contributed by atoms with E-state index in [0.29, 0.717) is 0 Å². The number of halogens is 1. The van der Waals surface area contributed by atoms with Crippen molar-refractivity contribution >= 4 is 39.1 Å². The van der Waals surface area contributed by atoms with Gasteiger partial charge in [0.05, 0.1) is 3.79 Å². The molecular formula is C13H19BrN4OS. The van der Waals surface area contributed by atoms with Crippen molar-refractivity contribution in [1.82, 2.24) is 15.1 Å². The molecule has 20 heavy (non-hydrogen) atoms. The summed E-state index contributed by atoms with van der Waals surface area (Å²) in [5, 5.41) is 5.49. The van der Waals surface area contributed by atoms with E-state index >= 15 is 0 Å². The van der Waals surface area contributed by atoms with E-state index in [1.165, 1.54) is 5.56 Å². The van der Waals surface area contributed by atoms with Gasteiger partial charge in [-0.1, -0.05) is 0 Å². The Morgan fingerprint density at radius 2 is 2.05 bits per heavy atom. The van der Waals surface area contributed by atoms with Crippen LogP contribution in [0.25, 0.3) is 0 Å². The number of carbonyl (C=O) groups excluding carboxylic acids is 1. The van der Waals surface area contributed by atoms with E-state index in [1.807, 2.05) is 4.90 Å². The minimum Gasteiger partial charge on any atom is -0.352 e. The number of guanidine groups is 1. The molecule has 1 fully saturated rings. The van der Waals surface area contributed by atoms with Gasteiger partial charge in [0.1, 0.15) is 0 Å². The zero-order valence-electron chi connectivity index (χ0n) is 11.7. The highest BCUT2D eigenvalue weighted by molar-refractivity contribution is 9.11. The quantitative estimate of drug-likeness (QED) is 0.647. The van der Waals surface area contributed by atoms with Gasteiger partial charge in [-0.2, -0.15) is 0 Å². The van der Waals surface area contributed by atoms with Gasteiger partial charge in [0, 0.05) is 46.7 Å². The molecular weight excluding hydrogens is 340 g/mol. The van der Waals surface area contributed by atoms with E-state index in [4.69, 9.17) is 0 Å². The lowest BCUT2D eigenvalue weighted by Gasteiger charge is -2.36. The van der Waals surface area contributed by atoms with Crippen LogP contribution in [0, 0.1) is 0 Å². The second kappa shape index (κ2) is 7.08. The van der Waals surface area contributed by atoms with Crippen LogP contribution in [0.5, 0.6) is 0 Å². The highest BCUT2D eigenvalue weighted by atomic mass is 79.9. The third kappa shape index (κ3) is 3.96. The number of amides is 1. The predicted octanol–water partition coefficient (Wildman–Crippen LogP) is 1.75. The monoisotopic (exact) mass is 358 g/mol. The number of piperazine rings is 1. The van der Waals surface area contributed by atoms with Gasteiger partial charge in [-0.05, 0) is 32.9 Å². The number of nitrogens with one attached hydrogen (secondary N) is 1. The van der Waals surface area contributed by atoms with E-state index < -0.39 is 0 Å². The number of carbonyl (C=O) groups is 1. The fraction of sp³-hybridized carbons (Fsp3) is 0.538. The van der Waals surface area contributed by atoms with Crippen molar-refractivity contribution in [3.8, 4) is 0 Å². The molecule has 5 nitrogen and oxygen atoms in total. The summed E-state index contributed by atoms with van der Waals surface area (Å²) in [7, 11) is 1.79. The van der Waals surface area contributed by atoms with Crippen molar-refractivity contribution in [2.75, 3.05) is 33.2 Å². The van der Waals surface area contributed by atoms with E-state index in [0.717, 1.165) is 42.5 Å². The molecule has 0 unspecified atom stereocenters.